The van der Waals surface area contributed by atoms with E-state index in [0.29, 0.717) is 10.2 Å². The van der Waals surface area contributed by atoms with E-state index in [-0.39, 0.29) is 18.5 Å². The summed E-state index contributed by atoms with van der Waals surface area (Å²) < 4.78 is 1.32. The molecule has 0 spiro atoms. The molecule has 8 nitrogen and oxygen atoms in total. The van der Waals surface area contributed by atoms with Gasteiger partial charge < -0.3 is 15.5 Å². The number of aryl methyl sites for hydroxylation is 1. The summed E-state index contributed by atoms with van der Waals surface area (Å²) in [6.07, 6.45) is 1.36. The molecule has 0 aromatic carbocycles. The summed E-state index contributed by atoms with van der Waals surface area (Å²) in [5.74, 6) is -1.88. The number of carboxylic acid groups (broad SMARTS) is 1. The zero-order valence-electron chi connectivity index (χ0n) is 11.8. The van der Waals surface area contributed by atoms with Gasteiger partial charge in [0.05, 0.1) is 18.3 Å². The summed E-state index contributed by atoms with van der Waals surface area (Å²) in [5, 5.41) is 22.8. The van der Waals surface area contributed by atoms with Gasteiger partial charge in [-0.25, -0.2) is 9.78 Å². The first-order valence-corrected chi connectivity index (χ1v) is 7.34. The van der Waals surface area contributed by atoms with E-state index < -0.39 is 24.0 Å². The molecule has 0 aliphatic carbocycles. The number of hydrogen-bond donors (Lipinski definition) is 3. The second-order valence-electron chi connectivity index (χ2n) is 4.99. The Bertz CT molecular complexity index is 764. The van der Waals surface area contributed by atoms with E-state index in [1.54, 1.807) is 11.4 Å². The average Bonchev–Trinajstić information content (AvgIpc) is 2.93. The number of carbonyl (C=O) groups is 2. The minimum absolute atomic E-state index is 0.0209. The molecule has 0 aliphatic rings. The number of carboxylic acids is 1. The summed E-state index contributed by atoms with van der Waals surface area (Å²) in [7, 11) is 0. The SMILES string of the molecule is CC(O)(CNC(=O)CCn1cnc2sccc2c1=O)C(=O)O. The zero-order valence-corrected chi connectivity index (χ0v) is 12.6. The lowest BCUT2D eigenvalue weighted by Crippen LogP contribution is -2.46. The monoisotopic (exact) mass is 325 g/mol. The molecule has 118 valence electrons. The largest absolute Gasteiger partial charge is 0.479 e. The Hall–Kier alpha value is -2.26. The van der Waals surface area contributed by atoms with Crippen molar-refractivity contribution in [2.75, 3.05) is 6.54 Å². The number of aliphatic carboxylic acids is 1. The van der Waals surface area contributed by atoms with Crippen LogP contribution in [-0.2, 0) is 16.1 Å². The molecule has 0 saturated carbocycles. The standard InChI is InChI=1S/C13H15N3O5S/c1-13(21,12(19)20)6-14-9(17)2-4-16-7-15-10-8(11(16)18)3-5-22-10/h3,5,7,21H,2,4,6H2,1H3,(H,14,17)(H,19,20). The van der Waals surface area contributed by atoms with E-state index in [4.69, 9.17) is 5.11 Å². The van der Waals surface area contributed by atoms with Crippen LogP contribution in [0.5, 0.6) is 0 Å². The van der Waals surface area contributed by atoms with Crippen LogP contribution in [0.15, 0.2) is 22.6 Å². The molecule has 0 saturated heterocycles. The molecule has 0 radical (unpaired) electrons. The summed E-state index contributed by atoms with van der Waals surface area (Å²) >= 11 is 1.36. The van der Waals surface area contributed by atoms with Crippen molar-refractivity contribution in [1.82, 2.24) is 14.9 Å². The van der Waals surface area contributed by atoms with E-state index in [2.05, 4.69) is 10.3 Å². The molecule has 1 atom stereocenters. The lowest BCUT2D eigenvalue weighted by Gasteiger charge is -2.18. The van der Waals surface area contributed by atoms with E-state index >= 15 is 0 Å². The van der Waals surface area contributed by atoms with Crippen LogP contribution in [0.3, 0.4) is 0 Å². The lowest BCUT2D eigenvalue weighted by molar-refractivity contribution is -0.156. The predicted molar refractivity (Wildman–Crippen MR) is 79.8 cm³/mol. The molecular weight excluding hydrogens is 310 g/mol. The predicted octanol–water partition coefficient (Wildman–Crippen LogP) is -0.200. The maximum atomic E-state index is 12.1. The Morgan fingerprint density at radius 3 is 2.91 bits per heavy atom. The third-order valence-electron chi connectivity index (χ3n) is 3.12. The summed E-state index contributed by atoms with van der Waals surface area (Å²) in [4.78, 5) is 39.2. The maximum absolute atomic E-state index is 12.1. The maximum Gasteiger partial charge on any atom is 0.337 e. The van der Waals surface area contributed by atoms with Gasteiger partial charge in [-0.2, -0.15) is 0 Å². The van der Waals surface area contributed by atoms with Crippen LogP contribution in [0.25, 0.3) is 10.2 Å². The van der Waals surface area contributed by atoms with Crippen molar-refractivity contribution in [2.45, 2.75) is 25.5 Å². The van der Waals surface area contributed by atoms with Gasteiger partial charge in [-0.15, -0.1) is 11.3 Å². The molecule has 0 aliphatic heterocycles. The highest BCUT2D eigenvalue weighted by molar-refractivity contribution is 7.16. The topological polar surface area (TPSA) is 122 Å². The van der Waals surface area contributed by atoms with Gasteiger partial charge in [-0.1, -0.05) is 0 Å². The van der Waals surface area contributed by atoms with Gasteiger partial charge >= 0.3 is 5.97 Å². The second kappa shape index (κ2) is 6.24. The molecule has 0 bridgehead atoms. The minimum Gasteiger partial charge on any atom is -0.479 e. The normalized spacial score (nSPS) is 13.7. The number of amides is 1. The van der Waals surface area contributed by atoms with Gasteiger partial charge in [0.2, 0.25) is 5.91 Å². The van der Waals surface area contributed by atoms with E-state index in [0.717, 1.165) is 6.92 Å². The highest BCUT2D eigenvalue weighted by Gasteiger charge is 2.30. The van der Waals surface area contributed by atoms with Crippen molar-refractivity contribution in [3.63, 3.8) is 0 Å². The van der Waals surface area contributed by atoms with E-state index in [1.807, 2.05) is 0 Å². The Morgan fingerprint density at radius 2 is 2.23 bits per heavy atom. The van der Waals surface area contributed by atoms with Crippen molar-refractivity contribution < 1.29 is 19.8 Å². The van der Waals surface area contributed by atoms with Gasteiger partial charge in [0.25, 0.3) is 5.56 Å². The fourth-order valence-corrected chi connectivity index (χ4v) is 2.43. The van der Waals surface area contributed by atoms with Crippen LogP contribution in [0.2, 0.25) is 0 Å². The summed E-state index contributed by atoms with van der Waals surface area (Å²) in [6.45, 7) is 0.811. The Labute approximate surface area is 129 Å². The third kappa shape index (κ3) is 3.49. The van der Waals surface area contributed by atoms with E-state index in [1.165, 1.54) is 22.2 Å². The van der Waals surface area contributed by atoms with Crippen molar-refractivity contribution in [3.05, 3.63) is 28.1 Å². The third-order valence-corrected chi connectivity index (χ3v) is 3.94. The minimum atomic E-state index is -2.02. The number of aromatic nitrogens is 2. The number of carbonyl (C=O) groups excluding carboxylic acids is 1. The van der Waals surface area contributed by atoms with Crippen LogP contribution in [0.4, 0.5) is 0 Å². The molecule has 1 unspecified atom stereocenters. The number of fused-ring (bicyclic) bond motifs is 1. The number of aliphatic hydroxyl groups is 1. The zero-order chi connectivity index (χ0) is 16.3. The van der Waals surface area contributed by atoms with Crippen LogP contribution in [0.1, 0.15) is 13.3 Å². The smallest absolute Gasteiger partial charge is 0.337 e. The van der Waals surface area contributed by atoms with Crippen molar-refractivity contribution in [3.8, 4) is 0 Å². The van der Waals surface area contributed by atoms with Crippen LogP contribution in [-0.4, -0.2) is 43.8 Å². The molecule has 2 aromatic heterocycles. The van der Waals surface area contributed by atoms with Gasteiger partial charge in [0.15, 0.2) is 5.60 Å². The highest BCUT2D eigenvalue weighted by Crippen LogP contribution is 2.13. The Balaban J connectivity index is 1.94. The Kier molecular flexibility index (Phi) is 4.57. The first-order chi connectivity index (χ1) is 10.3. The number of nitrogens with zero attached hydrogens (tertiary/aromatic N) is 2. The molecule has 3 N–H and O–H groups in total. The molecule has 2 rings (SSSR count). The van der Waals surface area contributed by atoms with Gasteiger partial charge in [-0.3, -0.25) is 14.2 Å². The number of rotatable bonds is 6. The van der Waals surface area contributed by atoms with Gasteiger partial charge in [-0.05, 0) is 18.4 Å². The number of nitrogens with one attached hydrogen (secondary N) is 1. The molecule has 9 heteroatoms. The first kappa shape index (κ1) is 16.1. The lowest BCUT2D eigenvalue weighted by atomic mass is 10.1. The molecular formula is C13H15N3O5S. The van der Waals surface area contributed by atoms with Crippen molar-refractivity contribution in [1.29, 1.82) is 0 Å². The number of hydrogen-bond acceptors (Lipinski definition) is 6. The van der Waals surface area contributed by atoms with Gasteiger partial charge in [0, 0.05) is 13.0 Å². The molecule has 2 aromatic rings. The fraction of sp³-hybridized carbons (Fsp3) is 0.385. The van der Waals surface area contributed by atoms with Crippen molar-refractivity contribution in [2.24, 2.45) is 0 Å². The van der Waals surface area contributed by atoms with E-state index in [9.17, 15) is 19.5 Å². The number of thiophene rings is 1. The summed E-state index contributed by atoms with van der Waals surface area (Å²) in [6, 6.07) is 1.68. The van der Waals surface area contributed by atoms with Crippen LogP contribution < -0.4 is 10.9 Å². The highest BCUT2D eigenvalue weighted by atomic mass is 32.1. The first-order valence-electron chi connectivity index (χ1n) is 6.46. The second-order valence-corrected chi connectivity index (χ2v) is 5.88. The molecule has 0 fully saturated rings. The van der Waals surface area contributed by atoms with Crippen LogP contribution >= 0.6 is 11.3 Å². The summed E-state index contributed by atoms with van der Waals surface area (Å²) in [5.41, 5.74) is -2.25. The molecule has 1 amide bonds. The Morgan fingerprint density at radius 1 is 1.50 bits per heavy atom. The van der Waals surface area contributed by atoms with Crippen LogP contribution in [0, 0.1) is 0 Å². The van der Waals surface area contributed by atoms with Crippen molar-refractivity contribution >= 4 is 33.4 Å². The molecule has 2 heterocycles. The fourth-order valence-electron chi connectivity index (χ4n) is 1.71. The quantitative estimate of drug-likeness (QED) is 0.676. The average molecular weight is 325 g/mol. The molecule has 22 heavy (non-hydrogen) atoms. The van der Waals surface area contributed by atoms with Gasteiger partial charge in [0.1, 0.15) is 4.83 Å².